The second-order valence-electron chi connectivity index (χ2n) is 4.78. The molecule has 3 rings (SSSR count). The largest absolute Gasteiger partial charge is 0.398 e. The van der Waals surface area contributed by atoms with Gasteiger partial charge in [0.1, 0.15) is 0 Å². The van der Waals surface area contributed by atoms with Gasteiger partial charge in [0.25, 0.3) is 0 Å². The van der Waals surface area contributed by atoms with E-state index in [0.717, 1.165) is 21.3 Å². The predicted octanol–water partition coefficient (Wildman–Crippen LogP) is 3.60. The first-order chi connectivity index (χ1) is 10.2. The van der Waals surface area contributed by atoms with E-state index in [2.05, 4.69) is 26.1 Å². The molecule has 0 radical (unpaired) electrons. The number of hydrogen-bond donors (Lipinski definition) is 1. The minimum absolute atomic E-state index is 0.556. The summed E-state index contributed by atoms with van der Waals surface area (Å²) in [4.78, 5) is 4.42. The van der Waals surface area contributed by atoms with E-state index in [4.69, 9.17) is 10.3 Å². The third-order valence-electron chi connectivity index (χ3n) is 3.18. The maximum atomic E-state index is 5.92. The summed E-state index contributed by atoms with van der Waals surface area (Å²) >= 11 is 3.42. The van der Waals surface area contributed by atoms with Crippen molar-refractivity contribution in [1.82, 2.24) is 10.1 Å². The molecule has 1 heterocycles. The van der Waals surface area contributed by atoms with Gasteiger partial charge in [-0.15, -0.1) is 0 Å². The highest BCUT2D eigenvalue weighted by molar-refractivity contribution is 9.10. The van der Waals surface area contributed by atoms with Crippen molar-refractivity contribution in [3.8, 4) is 0 Å². The molecule has 0 aliphatic heterocycles. The lowest BCUT2D eigenvalue weighted by molar-refractivity contribution is 0.380. The van der Waals surface area contributed by atoms with Gasteiger partial charge in [-0.1, -0.05) is 51.4 Å². The van der Waals surface area contributed by atoms with Gasteiger partial charge in [-0.05, 0) is 29.3 Å². The molecule has 21 heavy (non-hydrogen) atoms. The van der Waals surface area contributed by atoms with Gasteiger partial charge in [0, 0.05) is 16.6 Å². The second kappa shape index (κ2) is 6.10. The zero-order valence-corrected chi connectivity index (χ0v) is 12.9. The van der Waals surface area contributed by atoms with Crippen LogP contribution in [0.5, 0.6) is 0 Å². The average molecular weight is 344 g/mol. The Morgan fingerprint density at radius 2 is 1.76 bits per heavy atom. The van der Waals surface area contributed by atoms with E-state index in [9.17, 15) is 0 Å². The van der Waals surface area contributed by atoms with Crippen molar-refractivity contribution >= 4 is 21.6 Å². The van der Waals surface area contributed by atoms with Gasteiger partial charge in [0.05, 0.1) is 6.42 Å². The summed E-state index contributed by atoms with van der Waals surface area (Å²) in [6.45, 7) is 0. The molecule has 0 aliphatic rings. The van der Waals surface area contributed by atoms with E-state index in [-0.39, 0.29) is 0 Å². The molecule has 4 nitrogen and oxygen atoms in total. The number of nitrogen functional groups attached to an aromatic ring is 1. The lowest BCUT2D eigenvalue weighted by atomic mass is 10.1. The summed E-state index contributed by atoms with van der Waals surface area (Å²) < 4.78 is 6.35. The van der Waals surface area contributed by atoms with Crippen molar-refractivity contribution in [2.45, 2.75) is 12.8 Å². The van der Waals surface area contributed by atoms with Crippen molar-refractivity contribution in [2.24, 2.45) is 0 Å². The summed E-state index contributed by atoms with van der Waals surface area (Å²) in [7, 11) is 0. The average Bonchev–Trinajstić information content (AvgIpc) is 2.91. The predicted molar refractivity (Wildman–Crippen MR) is 84.9 cm³/mol. The van der Waals surface area contributed by atoms with Gasteiger partial charge >= 0.3 is 0 Å². The Morgan fingerprint density at radius 1 is 1.00 bits per heavy atom. The number of halogens is 1. The van der Waals surface area contributed by atoms with Crippen molar-refractivity contribution in [1.29, 1.82) is 0 Å². The van der Waals surface area contributed by atoms with Crippen LogP contribution in [0.15, 0.2) is 57.5 Å². The van der Waals surface area contributed by atoms with Crippen molar-refractivity contribution < 1.29 is 4.52 Å². The van der Waals surface area contributed by atoms with Crippen LogP contribution in [0.3, 0.4) is 0 Å². The Kier molecular flexibility index (Phi) is 4.01. The Hall–Kier alpha value is -2.14. The number of rotatable bonds is 4. The molecule has 0 saturated carbocycles. The molecular weight excluding hydrogens is 330 g/mol. The number of aromatic nitrogens is 2. The first kappa shape index (κ1) is 13.8. The lowest BCUT2D eigenvalue weighted by Crippen LogP contribution is -1.96. The summed E-state index contributed by atoms with van der Waals surface area (Å²) in [5, 5.41) is 4.02. The van der Waals surface area contributed by atoms with Crippen LogP contribution < -0.4 is 5.73 Å². The van der Waals surface area contributed by atoms with E-state index in [0.29, 0.717) is 24.6 Å². The Balaban J connectivity index is 1.72. The van der Waals surface area contributed by atoms with Crippen LogP contribution in [0.25, 0.3) is 0 Å². The smallest absolute Gasteiger partial charge is 0.231 e. The van der Waals surface area contributed by atoms with Crippen LogP contribution in [0.4, 0.5) is 5.69 Å². The molecule has 0 aliphatic carbocycles. The molecule has 0 unspecified atom stereocenters. The first-order valence-corrected chi connectivity index (χ1v) is 7.39. The molecule has 106 valence electrons. The normalized spacial score (nSPS) is 10.7. The SMILES string of the molecule is Nc1ccccc1Cc1nc(Cc2ccc(Br)cc2)no1. The molecule has 0 saturated heterocycles. The molecule has 0 atom stereocenters. The van der Waals surface area contributed by atoms with Crippen molar-refractivity contribution in [3.63, 3.8) is 0 Å². The summed E-state index contributed by atoms with van der Waals surface area (Å²) in [5.74, 6) is 1.27. The molecule has 0 bridgehead atoms. The van der Waals surface area contributed by atoms with Crippen LogP contribution >= 0.6 is 15.9 Å². The van der Waals surface area contributed by atoms with Crippen molar-refractivity contribution in [2.75, 3.05) is 5.73 Å². The quantitative estimate of drug-likeness (QED) is 0.735. The van der Waals surface area contributed by atoms with E-state index < -0.39 is 0 Å². The minimum atomic E-state index is 0.556. The Morgan fingerprint density at radius 3 is 2.52 bits per heavy atom. The van der Waals surface area contributed by atoms with Gasteiger partial charge in [-0.2, -0.15) is 4.98 Å². The summed E-state index contributed by atoms with van der Waals surface area (Å²) in [6, 6.07) is 15.8. The molecule has 2 aromatic carbocycles. The molecule has 5 heteroatoms. The third kappa shape index (κ3) is 3.49. The highest BCUT2D eigenvalue weighted by atomic mass is 79.9. The van der Waals surface area contributed by atoms with Gasteiger partial charge in [-0.3, -0.25) is 0 Å². The Labute approximate surface area is 131 Å². The van der Waals surface area contributed by atoms with Crippen LogP contribution in [-0.2, 0) is 12.8 Å². The molecule has 1 aromatic heterocycles. The van der Waals surface area contributed by atoms with Gasteiger partial charge in [0.2, 0.25) is 5.89 Å². The second-order valence-corrected chi connectivity index (χ2v) is 5.70. The van der Waals surface area contributed by atoms with Crippen LogP contribution in [0.1, 0.15) is 22.8 Å². The number of para-hydroxylation sites is 1. The number of hydrogen-bond acceptors (Lipinski definition) is 4. The van der Waals surface area contributed by atoms with E-state index in [1.165, 1.54) is 0 Å². The van der Waals surface area contributed by atoms with Crippen LogP contribution in [-0.4, -0.2) is 10.1 Å². The standard InChI is InChI=1S/C16H14BrN3O/c17-13-7-5-11(6-8-13)9-15-19-16(21-20-15)10-12-3-1-2-4-14(12)18/h1-8H,9-10,18H2. The number of anilines is 1. The maximum Gasteiger partial charge on any atom is 0.231 e. The number of nitrogens with two attached hydrogens (primary N) is 1. The monoisotopic (exact) mass is 343 g/mol. The lowest BCUT2D eigenvalue weighted by Gasteiger charge is -2.00. The molecule has 2 N–H and O–H groups in total. The molecule has 0 fully saturated rings. The first-order valence-electron chi connectivity index (χ1n) is 6.60. The molecule has 3 aromatic rings. The fourth-order valence-corrected chi connectivity index (χ4v) is 2.34. The molecule has 0 spiro atoms. The molecular formula is C16H14BrN3O. The van der Waals surface area contributed by atoms with Crippen LogP contribution in [0.2, 0.25) is 0 Å². The third-order valence-corrected chi connectivity index (χ3v) is 3.71. The highest BCUT2D eigenvalue weighted by Crippen LogP contribution is 2.16. The van der Waals surface area contributed by atoms with E-state index >= 15 is 0 Å². The fourth-order valence-electron chi connectivity index (χ4n) is 2.08. The van der Waals surface area contributed by atoms with Crippen molar-refractivity contribution in [3.05, 3.63) is 75.8 Å². The van der Waals surface area contributed by atoms with Gasteiger partial charge in [0.15, 0.2) is 5.82 Å². The van der Waals surface area contributed by atoms with E-state index in [1.807, 2.05) is 48.5 Å². The maximum absolute atomic E-state index is 5.92. The minimum Gasteiger partial charge on any atom is -0.398 e. The number of benzene rings is 2. The fraction of sp³-hybridized carbons (Fsp3) is 0.125. The zero-order chi connectivity index (χ0) is 14.7. The summed E-state index contributed by atoms with van der Waals surface area (Å²) in [6.07, 6.45) is 1.21. The van der Waals surface area contributed by atoms with Gasteiger partial charge < -0.3 is 10.3 Å². The summed E-state index contributed by atoms with van der Waals surface area (Å²) in [5.41, 5.74) is 8.80. The Bertz CT molecular complexity index is 737. The molecule has 0 amide bonds. The van der Waals surface area contributed by atoms with Crippen LogP contribution in [0, 0.1) is 0 Å². The number of nitrogens with zero attached hydrogens (tertiary/aromatic N) is 2. The van der Waals surface area contributed by atoms with Gasteiger partial charge in [-0.25, -0.2) is 0 Å². The zero-order valence-electron chi connectivity index (χ0n) is 11.3. The topological polar surface area (TPSA) is 64.9 Å². The van der Waals surface area contributed by atoms with E-state index in [1.54, 1.807) is 0 Å². The highest BCUT2D eigenvalue weighted by Gasteiger charge is 2.09.